The smallest absolute Gasteiger partial charge is 0.136 e. The first-order valence-corrected chi connectivity index (χ1v) is 12.9. The first kappa shape index (κ1) is 25.2. The van der Waals surface area contributed by atoms with Crippen LogP contribution in [-0.4, -0.2) is 29.8 Å². The van der Waals surface area contributed by atoms with Gasteiger partial charge in [0.05, 0.1) is 11.2 Å². The summed E-state index contributed by atoms with van der Waals surface area (Å²) >= 11 is 0. The minimum Gasteiger partial charge on any atom is -0.390 e. The quantitative estimate of drug-likeness (QED) is 0.423. The number of Topliss-reactive ketones (excluding diaryl/α,β-unsaturated/α-hetero) is 1. The molecule has 0 radical (unpaired) electrons. The van der Waals surface area contributed by atoms with Crippen LogP contribution in [-0.2, 0) is 4.79 Å². The summed E-state index contributed by atoms with van der Waals surface area (Å²) in [6.07, 6.45) is 15.0. The van der Waals surface area contributed by atoms with Crippen molar-refractivity contribution in [1.82, 2.24) is 0 Å². The molecule has 0 heterocycles. The Bertz CT molecular complexity index is 777. The van der Waals surface area contributed by atoms with Gasteiger partial charge in [0.1, 0.15) is 11.9 Å². The monoisotopic (exact) mass is 440 g/mol. The summed E-state index contributed by atoms with van der Waals surface area (Å²) in [7, 11) is 1.64. The molecule has 4 rings (SSSR count). The maximum absolute atomic E-state index is 12.5. The van der Waals surface area contributed by atoms with E-state index in [-0.39, 0.29) is 0 Å². The highest BCUT2D eigenvalue weighted by atomic mass is 16.3. The fraction of sp³-hybridized carbons (Fsp3) is 0.821. The number of fused-ring (bicyclic) bond motifs is 5. The van der Waals surface area contributed by atoms with Crippen LogP contribution >= 0.6 is 0 Å². The molecule has 0 aromatic carbocycles. The first-order valence-electron chi connectivity index (χ1n) is 12.9. The molecule has 4 nitrogen and oxygen atoms in total. The summed E-state index contributed by atoms with van der Waals surface area (Å²) in [4.78, 5) is 16.2. The highest BCUT2D eigenvalue weighted by molar-refractivity contribution is 5.83. The molecule has 0 spiro atoms. The number of nitriles is 1. The molecule has 8 atom stereocenters. The van der Waals surface area contributed by atoms with Crippen molar-refractivity contribution in [3.8, 4) is 6.07 Å². The summed E-state index contributed by atoms with van der Waals surface area (Å²) in [6.45, 7) is 8.35. The standard InChI is InChI=1S/C22H36O2.C6H8N2/c1-4-20(23)19-8-7-18-17-6-5-14-13-21(2,24)11-9-15(14)16(17)10-12-22(18,19)3;1-3-6(4-7)5-8-2/h14-19,24H,4-13H2,1-3H3;3,5H,1-2H3/b;6-3-,8-5?/t14?,15?,16-,17-,18+,19-,21-,22+;/m1./s1. The van der Waals surface area contributed by atoms with Crippen molar-refractivity contribution in [3.05, 3.63) is 11.6 Å². The van der Waals surface area contributed by atoms with Crippen LogP contribution < -0.4 is 0 Å². The van der Waals surface area contributed by atoms with E-state index in [0.717, 1.165) is 55.3 Å². The topological polar surface area (TPSA) is 73.5 Å². The molecule has 4 aliphatic rings. The van der Waals surface area contributed by atoms with Gasteiger partial charge < -0.3 is 5.11 Å². The minimum atomic E-state index is -0.414. The van der Waals surface area contributed by atoms with Crippen molar-refractivity contribution >= 4 is 12.0 Å². The molecule has 4 saturated carbocycles. The highest BCUT2D eigenvalue weighted by Gasteiger charge is 2.58. The molecule has 4 fully saturated rings. The van der Waals surface area contributed by atoms with E-state index in [1.807, 2.05) is 19.9 Å². The van der Waals surface area contributed by atoms with Crippen LogP contribution in [0.3, 0.4) is 0 Å². The molecule has 0 saturated heterocycles. The van der Waals surface area contributed by atoms with E-state index in [1.165, 1.54) is 44.7 Å². The van der Waals surface area contributed by atoms with Gasteiger partial charge in [0, 0.05) is 25.6 Å². The predicted molar refractivity (Wildman–Crippen MR) is 130 cm³/mol. The lowest BCUT2D eigenvalue weighted by Crippen LogP contribution is -2.51. The molecule has 0 aromatic heterocycles. The zero-order valence-corrected chi connectivity index (χ0v) is 20.9. The number of hydrogen-bond donors (Lipinski definition) is 1. The largest absolute Gasteiger partial charge is 0.390 e. The second-order valence-electron chi connectivity index (χ2n) is 11.4. The van der Waals surface area contributed by atoms with E-state index in [1.54, 1.807) is 20.0 Å². The molecule has 1 N–H and O–H groups in total. The molecule has 0 bridgehead atoms. The lowest BCUT2D eigenvalue weighted by molar-refractivity contribution is -0.132. The Hall–Kier alpha value is -1.47. The average Bonchev–Trinajstić information content (AvgIpc) is 3.13. The average molecular weight is 441 g/mol. The third-order valence-corrected chi connectivity index (χ3v) is 9.68. The zero-order chi connectivity index (χ0) is 23.5. The van der Waals surface area contributed by atoms with Gasteiger partial charge in [0.25, 0.3) is 0 Å². The van der Waals surface area contributed by atoms with E-state index in [4.69, 9.17) is 5.26 Å². The van der Waals surface area contributed by atoms with Crippen molar-refractivity contribution in [2.45, 2.75) is 97.5 Å². The first-order chi connectivity index (χ1) is 15.2. The Morgan fingerprint density at radius 1 is 1.09 bits per heavy atom. The van der Waals surface area contributed by atoms with Crippen LogP contribution in [0, 0.1) is 52.3 Å². The number of nitrogens with zero attached hydrogens (tertiary/aromatic N) is 2. The van der Waals surface area contributed by atoms with E-state index >= 15 is 0 Å². The summed E-state index contributed by atoms with van der Waals surface area (Å²) in [6, 6.07) is 1.96. The van der Waals surface area contributed by atoms with Gasteiger partial charge in [0.15, 0.2) is 0 Å². The van der Waals surface area contributed by atoms with Crippen molar-refractivity contribution < 1.29 is 9.90 Å². The Kier molecular flexibility index (Phi) is 8.02. The summed E-state index contributed by atoms with van der Waals surface area (Å²) in [5.41, 5.74) is 0.484. The van der Waals surface area contributed by atoms with Gasteiger partial charge >= 0.3 is 0 Å². The fourth-order valence-corrected chi connectivity index (χ4v) is 8.16. The van der Waals surface area contributed by atoms with Gasteiger partial charge in [-0.05, 0) is 107 Å². The van der Waals surface area contributed by atoms with E-state index < -0.39 is 5.60 Å². The Morgan fingerprint density at radius 2 is 1.81 bits per heavy atom. The Morgan fingerprint density at radius 3 is 2.41 bits per heavy atom. The minimum absolute atomic E-state index is 0.293. The second-order valence-corrected chi connectivity index (χ2v) is 11.4. The molecular weight excluding hydrogens is 396 g/mol. The summed E-state index contributed by atoms with van der Waals surface area (Å²) in [5, 5.41) is 18.7. The van der Waals surface area contributed by atoms with E-state index in [9.17, 15) is 9.90 Å². The predicted octanol–water partition coefficient (Wildman–Crippen LogP) is 6.14. The SMILES string of the molecule is C/C=C(/C#N)C=NC.CCC(=O)[C@H]1CC[C@H]2[C@@H]3CCC4C[C@](C)(O)CCC4[C@H]3CC[C@]12C. The molecule has 2 unspecified atom stereocenters. The molecule has 0 amide bonds. The lowest BCUT2D eigenvalue weighted by Gasteiger charge is -2.56. The Labute approximate surface area is 195 Å². The van der Waals surface area contributed by atoms with Crippen LogP contribution in [0.4, 0.5) is 0 Å². The number of aliphatic hydroxyl groups is 1. The molecule has 0 aromatic rings. The van der Waals surface area contributed by atoms with Crippen LogP contribution in [0.5, 0.6) is 0 Å². The normalized spacial score (nSPS) is 43.3. The molecule has 178 valence electrons. The number of aliphatic imine (C=N–C) groups is 1. The fourth-order valence-electron chi connectivity index (χ4n) is 8.16. The number of ketones is 1. The van der Waals surface area contributed by atoms with Gasteiger partial charge in [-0.2, -0.15) is 5.26 Å². The van der Waals surface area contributed by atoms with Gasteiger partial charge in [-0.3, -0.25) is 9.79 Å². The second kappa shape index (κ2) is 10.2. The molecule has 4 heteroatoms. The van der Waals surface area contributed by atoms with Gasteiger partial charge in [0.2, 0.25) is 0 Å². The number of hydrogen-bond acceptors (Lipinski definition) is 4. The highest BCUT2D eigenvalue weighted by Crippen LogP contribution is 2.64. The number of rotatable bonds is 3. The summed E-state index contributed by atoms with van der Waals surface area (Å²) < 4.78 is 0. The third-order valence-electron chi connectivity index (χ3n) is 9.68. The maximum Gasteiger partial charge on any atom is 0.136 e. The van der Waals surface area contributed by atoms with Gasteiger partial charge in [-0.1, -0.05) is 19.9 Å². The van der Waals surface area contributed by atoms with E-state index in [0.29, 0.717) is 22.7 Å². The van der Waals surface area contributed by atoms with Crippen LogP contribution in [0.15, 0.2) is 16.6 Å². The third kappa shape index (κ3) is 4.89. The molecule has 0 aliphatic heterocycles. The van der Waals surface area contributed by atoms with Crippen molar-refractivity contribution in [2.24, 2.45) is 45.9 Å². The Balaban J connectivity index is 0.000000312. The van der Waals surface area contributed by atoms with Crippen LogP contribution in [0.25, 0.3) is 0 Å². The van der Waals surface area contributed by atoms with Crippen LogP contribution in [0.2, 0.25) is 0 Å². The molecular formula is C28H44N2O2. The van der Waals surface area contributed by atoms with Crippen molar-refractivity contribution in [3.63, 3.8) is 0 Å². The van der Waals surface area contributed by atoms with E-state index in [2.05, 4.69) is 11.9 Å². The maximum atomic E-state index is 12.5. The van der Waals surface area contributed by atoms with Crippen molar-refractivity contribution in [1.29, 1.82) is 5.26 Å². The number of allylic oxidation sites excluding steroid dienone is 2. The van der Waals surface area contributed by atoms with Gasteiger partial charge in [-0.25, -0.2) is 0 Å². The summed E-state index contributed by atoms with van der Waals surface area (Å²) in [5.74, 6) is 5.03. The lowest BCUT2D eigenvalue weighted by atomic mass is 9.49. The molecule has 32 heavy (non-hydrogen) atoms. The zero-order valence-electron chi connectivity index (χ0n) is 20.9. The molecule has 4 aliphatic carbocycles. The number of carbonyl (C=O) groups is 1. The number of carbonyl (C=O) groups excluding carboxylic acids is 1. The van der Waals surface area contributed by atoms with Gasteiger partial charge in [-0.15, -0.1) is 0 Å². The van der Waals surface area contributed by atoms with Crippen LogP contribution in [0.1, 0.15) is 91.9 Å². The van der Waals surface area contributed by atoms with Crippen molar-refractivity contribution in [2.75, 3.05) is 7.05 Å².